The molecule has 9 heteroatoms. The molecule has 9 nitrogen and oxygen atoms in total. The second-order valence-corrected chi connectivity index (χ2v) is 7.51. The van der Waals surface area contributed by atoms with Gasteiger partial charge in [0.25, 0.3) is 5.91 Å². The van der Waals surface area contributed by atoms with E-state index in [1.807, 2.05) is 20.8 Å². The number of furan rings is 1. The Morgan fingerprint density at radius 1 is 1.33 bits per heavy atom. The third-order valence-electron chi connectivity index (χ3n) is 4.53. The maximum absolute atomic E-state index is 12.7. The second-order valence-electron chi connectivity index (χ2n) is 7.51. The number of nitrogens with one attached hydrogen (secondary N) is 2. The van der Waals surface area contributed by atoms with Crippen LogP contribution >= 0.6 is 0 Å². The lowest BCUT2D eigenvalue weighted by Gasteiger charge is -2.13. The van der Waals surface area contributed by atoms with E-state index < -0.39 is 11.9 Å². The summed E-state index contributed by atoms with van der Waals surface area (Å²) in [5.41, 5.74) is 2.07. The van der Waals surface area contributed by atoms with Crippen molar-refractivity contribution in [3.05, 3.63) is 42.1 Å². The summed E-state index contributed by atoms with van der Waals surface area (Å²) < 4.78 is 11.8. The summed E-state index contributed by atoms with van der Waals surface area (Å²) in [7, 11) is 1.30. The molecular formula is C21H26N4O5. The number of hydrogen-bond acceptors (Lipinski definition) is 7. The number of aliphatic hydroxyl groups excluding tert-OH is 1. The van der Waals surface area contributed by atoms with E-state index in [1.165, 1.54) is 25.7 Å². The number of methoxy groups -OCH3 is 1. The number of fused-ring (bicyclic) bond motifs is 1. The van der Waals surface area contributed by atoms with Crippen molar-refractivity contribution in [1.29, 1.82) is 0 Å². The van der Waals surface area contributed by atoms with E-state index in [0.717, 1.165) is 0 Å². The molecular weight excluding hydrogens is 388 g/mol. The molecule has 0 fully saturated rings. The molecule has 0 spiro atoms. The number of amides is 1. The van der Waals surface area contributed by atoms with Crippen LogP contribution < -0.4 is 10.6 Å². The van der Waals surface area contributed by atoms with Crippen LogP contribution in [0.5, 0.6) is 0 Å². The molecule has 3 N–H and O–H groups in total. The average molecular weight is 414 g/mol. The molecule has 0 aliphatic rings. The first kappa shape index (κ1) is 21.4. The summed E-state index contributed by atoms with van der Waals surface area (Å²) in [5.74, 6) is -0.774. The summed E-state index contributed by atoms with van der Waals surface area (Å²) in [6.07, 6.45) is 4.36. The molecule has 0 bridgehead atoms. The van der Waals surface area contributed by atoms with Gasteiger partial charge >= 0.3 is 5.97 Å². The number of esters is 1. The highest BCUT2D eigenvalue weighted by molar-refractivity contribution is 6.14. The SMILES string of the molecule is COC(=O)c1c(NC(=O)c2ccoc2)c2cc(N[C@H](C)CO)cnc2n1CC(C)C. The molecule has 1 atom stereocenters. The summed E-state index contributed by atoms with van der Waals surface area (Å²) in [6.45, 7) is 6.33. The molecule has 0 aliphatic heterocycles. The summed E-state index contributed by atoms with van der Waals surface area (Å²) in [4.78, 5) is 29.9. The molecule has 0 aliphatic carbocycles. The number of ether oxygens (including phenoxy) is 1. The minimum atomic E-state index is -0.575. The Balaban J connectivity index is 2.19. The minimum absolute atomic E-state index is 0.0517. The third-order valence-corrected chi connectivity index (χ3v) is 4.53. The van der Waals surface area contributed by atoms with Gasteiger partial charge in [-0.25, -0.2) is 9.78 Å². The Bertz CT molecular complexity index is 1040. The van der Waals surface area contributed by atoms with Crippen molar-refractivity contribution in [2.75, 3.05) is 24.4 Å². The third kappa shape index (κ3) is 4.30. The fourth-order valence-electron chi connectivity index (χ4n) is 3.19. The van der Waals surface area contributed by atoms with Crippen molar-refractivity contribution < 1.29 is 23.8 Å². The molecule has 30 heavy (non-hydrogen) atoms. The van der Waals surface area contributed by atoms with Crippen LogP contribution in [0, 0.1) is 5.92 Å². The van der Waals surface area contributed by atoms with Gasteiger partial charge in [-0.15, -0.1) is 0 Å². The van der Waals surface area contributed by atoms with E-state index in [1.54, 1.807) is 16.8 Å². The van der Waals surface area contributed by atoms with Crippen molar-refractivity contribution in [3.63, 3.8) is 0 Å². The second kappa shape index (κ2) is 9.00. The molecule has 0 aromatic carbocycles. The number of anilines is 2. The first-order valence-corrected chi connectivity index (χ1v) is 9.67. The largest absolute Gasteiger partial charge is 0.472 e. The number of hydrogen-bond donors (Lipinski definition) is 3. The zero-order valence-electron chi connectivity index (χ0n) is 17.4. The summed E-state index contributed by atoms with van der Waals surface area (Å²) >= 11 is 0. The van der Waals surface area contributed by atoms with Gasteiger partial charge in [-0.2, -0.15) is 0 Å². The van der Waals surface area contributed by atoms with Crippen LogP contribution in [0.1, 0.15) is 41.6 Å². The van der Waals surface area contributed by atoms with E-state index in [2.05, 4.69) is 15.6 Å². The van der Waals surface area contributed by atoms with Gasteiger partial charge in [0.15, 0.2) is 5.69 Å². The summed E-state index contributed by atoms with van der Waals surface area (Å²) in [6, 6.07) is 3.14. The zero-order chi connectivity index (χ0) is 21.8. The number of rotatable bonds is 8. The van der Waals surface area contributed by atoms with Gasteiger partial charge in [0.2, 0.25) is 0 Å². The molecule has 160 valence electrons. The van der Waals surface area contributed by atoms with Crippen LogP contribution in [0.3, 0.4) is 0 Å². The van der Waals surface area contributed by atoms with Crippen molar-refractivity contribution in [1.82, 2.24) is 9.55 Å². The van der Waals surface area contributed by atoms with E-state index in [-0.39, 0.29) is 24.3 Å². The van der Waals surface area contributed by atoms with Gasteiger partial charge in [-0.1, -0.05) is 13.8 Å². The average Bonchev–Trinajstić information content (AvgIpc) is 3.35. The molecule has 3 aromatic heterocycles. The van der Waals surface area contributed by atoms with Gasteiger partial charge < -0.3 is 29.5 Å². The van der Waals surface area contributed by atoms with Crippen LogP contribution in [-0.4, -0.2) is 46.3 Å². The molecule has 3 heterocycles. The lowest BCUT2D eigenvalue weighted by Crippen LogP contribution is -2.19. The fraction of sp³-hybridized carbons (Fsp3) is 0.381. The van der Waals surface area contributed by atoms with Crippen LogP contribution in [0.2, 0.25) is 0 Å². The van der Waals surface area contributed by atoms with Crippen molar-refractivity contribution in [2.24, 2.45) is 5.92 Å². The first-order valence-electron chi connectivity index (χ1n) is 9.67. The summed E-state index contributed by atoms with van der Waals surface area (Å²) in [5, 5.41) is 15.9. The normalized spacial score (nSPS) is 12.2. The van der Waals surface area contributed by atoms with E-state index in [9.17, 15) is 14.7 Å². The lowest BCUT2D eigenvalue weighted by molar-refractivity contribution is 0.0589. The highest BCUT2D eigenvalue weighted by Crippen LogP contribution is 2.33. The van der Waals surface area contributed by atoms with E-state index in [4.69, 9.17) is 9.15 Å². The Hall–Kier alpha value is -3.33. The van der Waals surface area contributed by atoms with Crippen LogP contribution in [-0.2, 0) is 11.3 Å². The van der Waals surface area contributed by atoms with Gasteiger partial charge in [0.05, 0.1) is 43.1 Å². The number of carbonyl (C=O) groups excluding carboxylic acids is 2. The number of pyridine rings is 1. The van der Waals surface area contributed by atoms with Gasteiger partial charge in [-0.05, 0) is 25.0 Å². The van der Waals surface area contributed by atoms with Gasteiger partial charge in [0.1, 0.15) is 11.9 Å². The molecule has 0 saturated carbocycles. The van der Waals surface area contributed by atoms with Crippen molar-refractivity contribution in [3.8, 4) is 0 Å². The lowest BCUT2D eigenvalue weighted by atomic mass is 10.2. The Morgan fingerprint density at radius 3 is 2.70 bits per heavy atom. The smallest absolute Gasteiger partial charge is 0.356 e. The number of aliphatic hydroxyl groups is 1. The molecule has 0 radical (unpaired) electrons. The van der Waals surface area contributed by atoms with E-state index >= 15 is 0 Å². The molecule has 3 aromatic rings. The number of nitrogens with zero attached hydrogens (tertiary/aromatic N) is 2. The monoisotopic (exact) mass is 414 g/mol. The Kier molecular flexibility index (Phi) is 6.41. The van der Waals surface area contributed by atoms with Gasteiger partial charge in [-0.3, -0.25) is 4.79 Å². The Morgan fingerprint density at radius 2 is 2.10 bits per heavy atom. The number of aromatic nitrogens is 2. The zero-order valence-corrected chi connectivity index (χ0v) is 17.4. The maximum atomic E-state index is 12.7. The standard InChI is InChI=1S/C21H26N4O5/c1-12(2)9-25-18(21(28)29-4)17(24-20(27)14-5-6-30-11-14)16-7-15(8-22-19(16)25)23-13(3)10-26/h5-8,11-13,23,26H,9-10H2,1-4H3,(H,24,27)/t13-/m1/s1. The molecule has 1 amide bonds. The Labute approximate surface area is 174 Å². The first-order chi connectivity index (χ1) is 14.3. The van der Waals surface area contributed by atoms with Gasteiger partial charge in [0, 0.05) is 18.0 Å². The predicted molar refractivity (Wildman–Crippen MR) is 113 cm³/mol. The predicted octanol–water partition coefficient (Wildman–Crippen LogP) is 3.12. The maximum Gasteiger partial charge on any atom is 0.356 e. The van der Waals surface area contributed by atoms with Crippen molar-refractivity contribution >= 4 is 34.3 Å². The number of carbonyl (C=O) groups is 2. The molecule has 3 rings (SSSR count). The topological polar surface area (TPSA) is 119 Å². The molecule has 0 saturated heterocycles. The quantitative estimate of drug-likeness (QED) is 0.485. The fourth-order valence-corrected chi connectivity index (χ4v) is 3.19. The minimum Gasteiger partial charge on any atom is -0.472 e. The highest BCUT2D eigenvalue weighted by atomic mass is 16.5. The van der Waals surface area contributed by atoms with E-state index in [0.29, 0.717) is 34.5 Å². The molecule has 0 unspecified atom stereocenters. The van der Waals surface area contributed by atoms with Crippen LogP contribution in [0.15, 0.2) is 35.3 Å². The van der Waals surface area contributed by atoms with Crippen molar-refractivity contribution in [2.45, 2.75) is 33.4 Å². The highest BCUT2D eigenvalue weighted by Gasteiger charge is 2.27. The van der Waals surface area contributed by atoms with Crippen LogP contribution in [0.25, 0.3) is 11.0 Å². The van der Waals surface area contributed by atoms with Crippen LogP contribution in [0.4, 0.5) is 11.4 Å².